The molecule has 9 rings (SSSR count). The maximum atomic E-state index is 9.94. The van der Waals surface area contributed by atoms with Gasteiger partial charge in [-0.1, -0.05) is 85.9 Å². The van der Waals surface area contributed by atoms with Gasteiger partial charge >= 0.3 is 0 Å². The van der Waals surface area contributed by atoms with Gasteiger partial charge in [0.15, 0.2) is 0 Å². The largest absolute Gasteiger partial charge is 0.333 e. The molecule has 234 valence electrons. The zero-order valence-corrected chi connectivity index (χ0v) is 27.5. The van der Waals surface area contributed by atoms with Gasteiger partial charge in [-0.15, -0.1) is 0 Å². The zero-order chi connectivity index (χ0) is 32.2. The van der Waals surface area contributed by atoms with Crippen LogP contribution in [-0.4, -0.2) is 9.13 Å². The van der Waals surface area contributed by atoms with Gasteiger partial charge in [0.1, 0.15) is 0 Å². The summed E-state index contributed by atoms with van der Waals surface area (Å²) in [7, 11) is 0. The van der Waals surface area contributed by atoms with Crippen molar-refractivity contribution in [2.24, 2.45) is 5.92 Å². The summed E-state index contributed by atoms with van der Waals surface area (Å²) < 4.78 is 5.15. The molecule has 0 radical (unpaired) electrons. The smallest absolute Gasteiger partial charge is 0.0991 e. The van der Waals surface area contributed by atoms with Gasteiger partial charge in [-0.05, 0) is 132 Å². The van der Waals surface area contributed by atoms with E-state index >= 15 is 0 Å². The number of aryl methyl sites for hydroxylation is 1. The predicted molar refractivity (Wildman–Crippen MR) is 200 cm³/mol. The summed E-state index contributed by atoms with van der Waals surface area (Å²) >= 11 is 0. The third-order valence-corrected chi connectivity index (χ3v) is 10.9. The van der Waals surface area contributed by atoms with Crippen molar-refractivity contribution in [2.45, 2.75) is 57.9 Å². The fourth-order valence-corrected chi connectivity index (χ4v) is 8.78. The van der Waals surface area contributed by atoms with E-state index in [9.17, 15) is 5.26 Å². The maximum Gasteiger partial charge on any atom is 0.0991 e. The quantitative estimate of drug-likeness (QED) is 0.197. The summed E-state index contributed by atoms with van der Waals surface area (Å²) in [5.41, 5.74) is 16.4. The Morgan fingerprint density at radius 3 is 2.56 bits per heavy atom. The van der Waals surface area contributed by atoms with E-state index < -0.39 is 0 Å². The molecular weight excluding hydrogens is 583 g/mol. The fourth-order valence-electron chi connectivity index (χ4n) is 8.78. The number of fused-ring (bicyclic) bond motifs is 6. The van der Waals surface area contributed by atoms with E-state index in [1.54, 1.807) is 0 Å². The molecule has 4 aliphatic rings. The van der Waals surface area contributed by atoms with Crippen LogP contribution in [0.3, 0.4) is 0 Å². The Bertz CT molecular complexity index is 2300. The molecule has 0 N–H and O–H groups in total. The Kier molecular flexibility index (Phi) is 7.05. The minimum Gasteiger partial charge on any atom is -0.333 e. The van der Waals surface area contributed by atoms with Crippen LogP contribution >= 0.6 is 0 Å². The van der Waals surface area contributed by atoms with Crippen LogP contribution in [0.4, 0.5) is 0 Å². The van der Waals surface area contributed by atoms with E-state index in [2.05, 4.69) is 131 Å². The highest BCUT2D eigenvalue weighted by atomic mass is 15.0. The number of para-hydroxylation sites is 1. The molecule has 0 amide bonds. The summed E-state index contributed by atoms with van der Waals surface area (Å²) in [4.78, 5) is 0. The number of aromatic nitrogens is 2. The lowest BCUT2D eigenvalue weighted by molar-refractivity contribution is 0.510. The summed E-state index contributed by atoms with van der Waals surface area (Å²) in [6.45, 7) is 2.36. The first-order valence-electron chi connectivity index (χ1n) is 17.6. The van der Waals surface area contributed by atoms with E-state index in [1.807, 2.05) is 12.1 Å². The van der Waals surface area contributed by atoms with Crippen LogP contribution in [-0.2, 0) is 19.3 Å². The molecule has 48 heavy (non-hydrogen) atoms. The highest BCUT2D eigenvalue weighted by Crippen LogP contribution is 2.46. The van der Waals surface area contributed by atoms with Gasteiger partial charge in [-0.25, -0.2) is 0 Å². The molecule has 5 aromatic rings. The molecular formula is C45H39N3. The lowest BCUT2D eigenvalue weighted by Gasteiger charge is -2.32. The van der Waals surface area contributed by atoms with Gasteiger partial charge < -0.3 is 9.13 Å². The Balaban J connectivity index is 1.28. The Labute approximate surface area is 283 Å². The molecule has 3 aromatic carbocycles. The van der Waals surface area contributed by atoms with Gasteiger partial charge in [0.05, 0.1) is 17.7 Å². The first kappa shape index (κ1) is 28.9. The Morgan fingerprint density at radius 2 is 1.62 bits per heavy atom. The van der Waals surface area contributed by atoms with Crippen molar-refractivity contribution in [1.29, 1.82) is 5.26 Å². The van der Waals surface area contributed by atoms with Crippen molar-refractivity contribution in [1.82, 2.24) is 9.13 Å². The Hall–Kier alpha value is -5.33. The van der Waals surface area contributed by atoms with Gasteiger partial charge in [0.2, 0.25) is 0 Å². The molecule has 2 atom stereocenters. The topological polar surface area (TPSA) is 33.6 Å². The van der Waals surface area contributed by atoms with E-state index in [1.165, 1.54) is 73.5 Å². The third-order valence-electron chi connectivity index (χ3n) is 10.9. The normalized spacial score (nSPS) is 19.4. The standard InChI is InChI=1S/C45H39N3/c1-30-13-11-20-39(45(30)48-43-21-4-2-3-16-37(43)38-19-7-10-24-44(38)48)34-26-25-33(28-40(34)32-15-12-14-31(27-32)29-46)47-41-22-8-5-17-35(41)36-18-6-9-23-42(36)47/h4-5,7,9-15,17,19-21,23-28,30,45H,2-3,6,8,16,18,22H2,1H3. The average molecular weight is 622 g/mol. The molecule has 0 bridgehead atoms. The summed E-state index contributed by atoms with van der Waals surface area (Å²) in [6.07, 6.45) is 28.7. The fraction of sp³-hybridized carbons (Fsp3) is 0.222. The number of benzene rings is 3. The molecule has 0 aliphatic heterocycles. The number of nitrogens with zero attached hydrogens (tertiary/aromatic N) is 3. The molecule has 2 aromatic heterocycles. The number of hydrogen-bond acceptors (Lipinski definition) is 1. The second kappa shape index (κ2) is 11.7. The number of hydrogen-bond donors (Lipinski definition) is 0. The number of rotatable bonds is 4. The lowest BCUT2D eigenvalue weighted by atomic mass is 9.82. The van der Waals surface area contributed by atoms with Crippen molar-refractivity contribution in [3.8, 4) is 22.9 Å². The van der Waals surface area contributed by atoms with Crippen LogP contribution in [0.5, 0.6) is 0 Å². The summed E-state index contributed by atoms with van der Waals surface area (Å²) in [5, 5.41) is 11.3. The van der Waals surface area contributed by atoms with Crippen molar-refractivity contribution in [3.05, 3.63) is 148 Å². The minimum atomic E-state index is 0.121. The molecule has 3 nitrogen and oxygen atoms in total. The summed E-state index contributed by atoms with van der Waals surface area (Å²) in [6, 6.07) is 26.8. The van der Waals surface area contributed by atoms with Crippen molar-refractivity contribution < 1.29 is 0 Å². The lowest BCUT2D eigenvalue weighted by Crippen LogP contribution is -2.21. The predicted octanol–water partition coefficient (Wildman–Crippen LogP) is 11.1. The second-order valence-electron chi connectivity index (χ2n) is 13.7. The second-order valence-corrected chi connectivity index (χ2v) is 13.7. The highest BCUT2D eigenvalue weighted by Gasteiger charge is 2.32. The van der Waals surface area contributed by atoms with Crippen LogP contribution in [0.2, 0.25) is 0 Å². The van der Waals surface area contributed by atoms with Crippen LogP contribution < -0.4 is 0 Å². The minimum absolute atomic E-state index is 0.121. The van der Waals surface area contributed by atoms with Gasteiger partial charge in [-0.2, -0.15) is 5.26 Å². The van der Waals surface area contributed by atoms with Crippen molar-refractivity contribution in [2.75, 3.05) is 0 Å². The Morgan fingerprint density at radius 1 is 0.771 bits per heavy atom. The van der Waals surface area contributed by atoms with E-state index in [4.69, 9.17) is 0 Å². The number of nitriles is 1. The van der Waals surface area contributed by atoms with Crippen LogP contribution in [0.1, 0.15) is 83.5 Å². The summed E-state index contributed by atoms with van der Waals surface area (Å²) in [5.74, 6) is 0.292. The van der Waals surface area contributed by atoms with Gasteiger partial charge in [0.25, 0.3) is 0 Å². The number of allylic oxidation sites excluding steroid dienone is 7. The molecule has 0 fully saturated rings. The van der Waals surface area contributed by atoms with Crippen molar-refractivity contribution in [3.63, 3.8) is 0 Å². The van der Waals surface area contributed by atoms with Crippen molar-refractivity contribution >= 4 is 34.7 Å². The van der Waals surface area contributed by atoms with Crippen LogP contribution in [0.15, 0.2) is 103 Å². The van der Waals surface area contributed by atoms with E-state index in [-0.39, 0.29) is 6.04 Å². The molecule has 0 saturated carbocycles. The first-order chi connectivity index (χ1) is 23.7. The monoisotopic (exact) mass is 621 g/mol. The average Bonchev–Trinajstić information content (AvgIpc) is 3.51. The van der Waals surface area contributed by atoms with Crippen LogP contribution in [0.25, 0.3) is 51.5 Å². The third kappa shape index (κ3) is 4.54. The molecule has 0 spiro atoms. The highest BCUT2D eigenvalue weighted by molar-refractivity contribution is 5.92. The first-order valence-corrected chi connectivity index (χ1v) is 17.6. The van der Waals surface area contributed by atoms with Gasteiger partial charge in [0, 0.05) is 33.7 Å². The maximum absolute atomic E-state index is 9.94. The molecule has 4 aliphatic carbocycles. The SMILES string of the molecule is CC1C=CC=C(c2ccc(-n3c4c(c5c3CCC=C5)CCC=C4)cc2-c2cccc(C#N)c2)C1n1c2c(c3ccccc31)CCCC=C2. The molecule has 0 saturated heterocycles. The van der Waals surface area contributed by atoms with Crippen LogP contribution in [0, 0.1) is 17.2 Å². The van der Waals surface area contributed by atoms with Gasteiger partial charge in [-0.3, -0.25) is 0 Å². The van der Waals surface area contributed by atoms with E-state index in [0.717, 1.165) is 44.1 Å². The van der Waals surface area contributed by atoms with E-state index in [0.29, 0.717) is 11.5 Å². The molecule has 3 heteroatoms. The molecule has 2 heterocycles. The molecule has 2 unspecified atom stereocenters. The zero-order valence-electron chi connectivity index (χ0n) is 27.5.